The van der Waals surface area contributed by atoms with Gasteiger partial charge in [0.2, 0.25) is 0 Å². The Morgan fingerprint density at radius 2 is 1.33 bits per heavy atom. The van der Waals surface area contributed by atoms with Crippen molar-refractivity contribution in [1.82, 2.24) is 0 Å². The summed E-state index contributed by atoms with van der Waals surface area (Å²) in [5.74, 6) is -1.06. The topological polar surface area (TPSA) is 26.0 Å². The minimum absolute atomic E-state index is 0.0389. The molecule has 0 spiro atoms. The van der Waals surface area contributed by atoms with Gasteiger partial charge in [-0.1, -0.05) is 70.8 Å². The number of nitrogens with two attached hydrogens (primary N) is 1. The van der Waals surface area contributed by atoms with Crippen molar-refractivity contribution < 1.29 is 8.78 Å². The van der Waals surface area contributed by atoms with Crippen LogP contribution >= 0.6 is 0 Å². The van der Waals surface area contributed by atoms with Crippen LogP contribution in [0.25, 0.3) is 0 Å². The van der Waals surface area contributed by atoms with E-state index in [1.165, 1.54) is 63.1 Å². The molecule has 0 fully saturated rings. The summed E-state index contributed by atoms with van der Waals surface area (Å²) in [7, 11) is 0. The van der Waals surface area contributed by atoms with Gasteiger partial charge in [0.25, 0.3) is 0 Å². The quantitative estimate of drug-likeness (QED) is 0.507. The molecule has 1 aromatic rings. The van der Waals surface area contributed by atoms with E-state index in [0.29, 0.717) is 6.42 Å². The first-order valence-corrected chi connectivity index (χ1v) is 8.36. The summed E-state index contributed by atoms with van der Waals surface area (Å²) < 4.78 is 27.1. The molecule has 0 radical (unpaired) electrons. The molecule has 0 aromatic heterocycles. The van der Waals surface area contributed by atoms with Crippen LogP contribution in [0.5, 0.6) is 0 Å². The summed E-state index contributed by atoms with van der Waals surface area (Å²) in [6, 6.07) is 3.39. The Bertz CT molecular complexity index is 373. The van der Waals surface area contributed by atoms with Gasteiger partial charge in [-0.05, 0) is 18.6 Å². The molecule has 0 amide bonds. The smallest absolute Gasteiger partial charge is 0.130 e. The van der Waals surface area contributed by atoms with E-state index in [0.717, 1.165) is 12.8 Å². The third kappa shape index (κ3) is 7.03. The van der Waals surface area contributed by atoms with Crippen LogP contribution in [0.2, 0.25) is 0 Å². The van der Waals surface area contributed by atoms with E-state index in [-0.39, 0.29) is 5.56 Å². The average molecular weight is 297 g/mol. The normalized spacial score (nSPS) is 12.6. The molecule has 0 aliphatic rings. The van der Waals surface area contributed by atoms with E-state index < -0.39 is 17.7 Å². The van der Waals surface area contributed by atoms with Crippen LogP contribution < -0.4 is 5.73 Å². The molecule has 0 saturated heterocycles. The Labute approximate surface area is 127 Å². The van der Waals surface area contributed by atoms with Gasteiger partial charge in [-0.2, -0.15) is 0 Å². The van der Waals surface area contributed by atoms with Crippen LogP contribution in [-0.4, -0.2) is 0 Å². The molecule has 1 rings (SSSR count). The highest BCUT2D eigenvalue weighted by atomic mass is 19.1. The Balaban J connectivity index is 2.12. The molecule has 1 aromatic carbocycles. The Hall–Kier alpha value is -0.960. The summed E-state index contributed by atoms with van der Waals surface area (Å²) in [6.45, 7) is 2.22. The minimum atomic E-state index is -0.532. The fraction of sp³-hybridized carbons (Fsp3) is 0.667. The lowest BCUT2D eigenvalue weighted by molar-refractivity contribution is 0.488. The zero-order valence-electron chi connectivity index (χ0n) is 13.2. The van der Waals surface area contributed by atoms with Crippen molar-refractivity contribution in [3.8, 4) is 0 Å². The molecule has 0 bridgehead atoms. The number of hydrogen-bond donors (Lipinski definition) is 1. The van der Waals surface area contributed by atoms with Crippen LogP contribution in [0.4, 0.5) is 8.78 Å². The first kappa shape index (κ1) is 18.1. The maximum atomic E-state index is 13.6. The first-order valence-electron chi connectivity index (χ1n) is 8.36. The van der Waals surface area contributed by atoms with Gasteiger partial charge in [0.15, 0.2) is 0 Å². The van der Waals surface area contributed by atoms with E-state index in [9.17, 15) is 8.78 Å². The van der Waals surface area contributed by atoms with Gasteiger partial charge in [-0.15, -0.1) is 0 Å². The van der Waals surface area contributed by atoms with Crippen LogP contribution in [0.1, 0.15) is 82.7 Å². The fourth-order valence-electron chi connectivity index (χ4n) is 2.68. The predicted molar refractivity (Wildman–Crippen MR) is 85.1 cm³/mol. The summed E-state index contributed by atoms with van der Waals surface area (Å²) in [5, 5.41) is 0. The third-order valence-electron chi connectivity index (χ3n) is 3.99. The second-order valence-electron chi connectivity index (χ2n) is 5.86. The molecule has 3 heteroatoms. The second kappa shape index (κ2) is 10.7. The molecule has 120 valence electrons. The van der Waals surface area contributed by atoms with E-state index >= 15 is 0 Å². The van der Waals surface area contributed by atoms with Crippen molar-refractivity contribution in [3.63, 3.8) is 0 Å². The monoisotopic (exact) mass is 297 g/mol. The van der Waals surface area contributed by atoms with Crippen molar-refractivity contribution in [2.24, 2.45) is 5.73 Å². The average Bonchev–Trinajstić information content (AvgIpc) is 2.45. The highest BCUT2D eigenvalue weighted by Gasteiger charge is 2.15. The fourth-order valence-corrected chi connectivity index (χ4v) is 2.68. The molecule has 2 N–H and O–H groups in total. The summed E-state index contributed by atoms with van der Waals surface area (Å²) in [6.07, 6.45) is 11.7. The molecule has 0 aliphatic carbocycles. The Morgan fingerprint density at radius 3 is 1.86 bits per heavy atom. The van der Waals surface area contributed by atoms with Gasteiger partial charge in [0.05, 0.1) is 0 Å². The molecule has 1 nitrogen and oxygen atoms in total. The van der Waals surface area contributed by atoms with Crippen molar-refractivity contribution in [2.45, 2.75) is 77.2 Å². The molecule has 1 unspecified atom stereocenters. The standard InChI is InChI=1S/C18H29F2N/c1-2-3-4-5-6-7-8-9-10-14-17(21)18-15(19)12-11-13-16(18)20/h11-13,17H,2-10,14,21H2,1H3. The summed E-state index contributed by atoms with van der Waals surface area (Å²) in [4.78, 5) is 0. The minimum Gasteiger partial charge on any atom is -0.324 e. The SMILES string of the molecule is CCCCCCCCCCCC(N)c1c(F)cccc1F. The second-order valence-corrected chi connectivity index (χ2v) is 5.86. The summed E-state index contributed by atoms with van der Waals surface area (Å²) in [5.41, 5.74) is 5.95. The van der Waals surface area contributed by atoms with Gasteiger partial charge in [-0.3, -0.25) is 0 Å². The number of halogens is 2. The van der Waals surface area contributed by atoms with Crippen molar-refractivity contribution in [3.05, 3.63) is 35.4 Å². The van der Waals surface area contributed by atoms with E-state index in [4.69, 9.17) is 5.73 Å². The first-order chi connectivity index (χ1) is 10.2. The van der Waals surface area contributed by atoms with Crippen molar-refractivity contribution in [2.75, 3.05) is 0 Å². The van der Waals surface area contributed by atoms with Crippen LogP contribution in [-0.2, 0) is 0 Å². The van der Waals surface area contributed by atoms with Gasteiger partial charge in [0, 0.05) is 11.6 Å². The lowest BCUT2D eigenvalue weighted by atomic mass is 9.99. The highest BCUT2D eigenvalue weighted by Crippen LogP contribution is 2.23. The van der Waals surface area contributed by atoms with Gasteiger partial charge >= 0.3 is 0 Å². The van der Waals surface area contributed by atoms with Crippen molar-refractivity contribution >= 4 is 0 Å². The zero-order chi connectivity index (χ0) is 15.5. The molecule has 0 aliphatic heterocycles. The molecule has 0 heterocycles. The van der Waals surface area contributed by atoms with E-state index in [2.05, 4.69) is 6.92 Å². The molecule has 0 saturated carbocycles. The zero-order valence-corrected chi connectivity index (χ0v) is 13.2. The third-order valence-corrected chi connectivity index (χ3v) is 3.99. The lowest BCUT2D eigenvalue weighted by Crippen LogP contribution is -2.14. The van der Waals surface area contributed by atoms with E-state index in [1.54, 1.807) is 0 Å². The van der Waals surface area contributed by atoms with Gasteiger partial charge in [-0.25, -0.2) is 8.78 Å². The molecular formula is C18H29F2N. The molecule has 21 heavy (non-hydrogen) atoms. The van der Waals surface area contributed by atoms with E-state index in [1.807, 2.05) is 0 Å². The van der Waals surface area contributed by atoms with Crippen LogP contribution in [0, 0.1) is 11.6 Å². The highest BCUT2D eigenvalue weighted by molar-refractivity contribution is 5.22. The van der Waals surface area contributed by atoms with Crippen LogP contribution in [0.15, 0.2) is 18.2 Å². The number of rotatable bonds is 11. The van der Waals surface area contributed by atoms with Crippen molar-refractivity contribution in [1.29, 1.82) is 0 Å². The van der Waals surface area contributed by atoms with Gasteiger partial charge in [0.1, 0.15) is 11.6 Å². The van der Waals surface area contributed by atoms with Gasteiger partial charge < -0.3 is 5.73 Å². The molecular weight excluding hydrogens is 268 g/mol. The number of benzene rings is 1. The largest absolute Gasteiger partial charge is 0.324 e. The number of hydrogen-bond acceptors (Lipinski definition) is 1. The van der Waals surface area contributed by atoms with Crippen LogP contribution in [0.3, 0.4) is 0 Å². The number of unbranched alkanes of at least 4 members (excludes halogenated alkanes) is 8. The maximum absolute atomic E-state index is 13.6. The summed E-state index contributed by atoms with van der Waals surface area (Å²) >= 11 is 0. The maximum Gasteiger partial charge on any atom is 0.130 e. The predicted octanol–water partition coefficient (Wildman–Crippen LogP) is 5.89. The Morgan fingerprint density at radius 1 is 0.857 bits per heavy atom. The Kier molecular flexibility index (Phi) is 9.24. The molecule has 1 atom stereocenters. The lowest BCUT2D eigenvalue weighted by Gasteiger charge is -2.13.